The molecule has 0 fully saturated rings. The van der Waals surface area contributed by atoms with Gasteiger partial charge in [0.25, 0.3) is 0 Å². The lowest BCUT2D eigenvalue weighted by Gasteiger charge is -1.99. The van der Waals surface area contributed by atoms with E-state index in [2.05, 4.69) is 38.9 Å². The van der Waals surface area contributed by atoms with Crippen LogP contribution in [-0.4, -0.2) is 21.1 Å². The Balaban J connectivity index is 2.25. The first-order chi connectivity index (χ1) is 7.31. The molecule has 0 aliphatic rings. The molecule has 5 heteroatoms. The zero-order chi connectivity index (χ0) is 10.7. The standard InChI is InChI=1S/C10H11BrN2S2/c1-7-5-8-9(14-4-2-3-11)12-6-13-10(8)15-7/h5-6H,2-4H2,1H3. The van der Waals surface area contributed by atoms with Crippen LogP contribution in [0, 0.1) is 6.92 Å². The van der Waals surface area contributed by atoms with E-state index in [4.69, 9.17) is 0 Å². The molecule has 0 aromatic carbocycles. The van der Waals surface area contributed by atoms with Crippen LogP contribution >= 0.6 is 39.0 Å². The van der Waals surface area contributed by atoms with Gasteiger partial charge in [-0.1, -0.05) is 15.9 Å². The fourth-order valence-corrected chi connectivity index (χ4v) is 3.77. The van der Waals surface area contributed by atoms with Crippen LogP contribution in [0.15, 0.2) is 17.4 Å². The summed E-state index contributed by atoms with van der Waals surface area (Å²) in [6, 6.07) is 2.18. The summed E-state index contributed by atoms with van der Waals surface area (Å²) in [5.74, 6) is 1.10. The molecule has 0 aliphatic heterocycles. The van der Waals surface area contributed by atoms with Gasteiger partial charge in [0.15, 0.2) is 0 Å². The first-order valence-electron chi connectivity index (χ1n) is 4.71. The zero-order valence-electron chi connectivity index (χ0n) is 8.36. The lowest BCUT2D eigenvalue weighted by molar-refractivity contribution is 1.09. The van der Waals surface area contributed by atoms with Crippen LogP contribution in [0.25, 0.3) is 10.2 Å². The molecule has 0 aliphatic carbocycles. The van der Waals surface area contributed by atoms with Crippen molar-refractivity contribution >= 4 is 49.2 Å². The number of thioether (sulfide) groups is 1. The molecule has 0 spiro atoms. The molecule has 0 bridgehead atoms. The van der Waals surface area contributed by atoms with E-state index in [-0.39, 0.29) is 0 Å². The van der Waals surface area contributed by atoms with Gasteiger partial charge < -0.3 is 0 Å². The van der Waals surface area contributed by atoms with Crippen LogP contribution in [0.2, 0.25) is 0 Å². The molecule has 15 heavy (non-hydrogen) atoms. The topological polar surface area (TPSA) is 25.8 Å². The molecule has 2 rings (SSSR count). The van der Waals surface area contributed by atoms with Crippen LogP contribution in [-0.2, 0) is 0 Å². The van der Waals surface area contributed by atoms with Gasteiger partial charge in [-0.25, -0.2) is 9.97 Å². The van der Waals surface area contributed by atoms with Crippen molar-refractivity contribution in [3.63, 3.8) is 0 Å². The Bertz CT molecular complexity index is 456. The van der Waals surface area contributed by atoms with Crippen LogP contribution < -0.4 is 0 Å². The largest absolute Gasteiger partial charge is 0.229 e. The van der Waals surface area contributed by atoms with Gasteiger partial charge in [0.2, 0.25) is 0 Å². The maximum absolute atomic E-state index is 4.34. The molecule has 80 valence electrons. The summed E-state index contributed by atoms with van der Waals surface area (Å²) in [5.41, 5.74) is 0. The number of aryl methyl sites for hydroxylation is 1. The van der Waals surface area contributed by atoms with Crippen molar-refractivity contribution in [1.82, 2.24) is 9.97 Å². The highest BCUT2D eigenvalue weighted by Crippen LogP contribution is 2.30. The Morgan fingerprint density at radius 3 is 3.13 bits per heavy atom. The second-order valence-corrected chi connectivity index (χ2v) is 6.26. The average molecular weight is 303 g/mol. The van der Waals surface area contributed by atoms with Crippen molar-refractivity contribution in [2.75, 3.05) is 11.1 Å². The van der Waals surface area contributed by atoms with Gasteiger partial charge >= 0.3 is 0 Å². The second-order valence-electron chi connectivity index (χ2n) is 3.15. The van der Waals surface area contributed by atoms with Gasteiger partial charge in [-0.2, -0.15) is 0 Å². The summed E-state index contributed by atoms with van der Waals surface area (Å²) in [5, 5.41) is 3.38. The molecule has 2 aromatic heterocycles. The number of halogens is 1. The minimum absolute atomic E-state index is 1.05. The Kier molecular flexibility index (Phi) is 3.99. The number of hydrogen-bond donors (Lipinski definition) is 0. The average Bonchev–Trinajstić information content (AvgIpc) is 2.59. The van der Waals surface area contributed by atoms with Gasteiger partial charge in [0.1, 0.15) is 16.2 Å². The van der Waals surface area contributed by atoms with E-state index in [0.29, 0.717) is 0 Å². The van der Waals surface area contributed by atoms with Crippen molar-refractivity contribution in [3.8, 4) is 0 Å². The lowest BCUT2D eigenvalue weighted by atomic mass is 10.4. The third-order valence-electron chi connectivity index (χ3n) is 1.93. The van der Waals surface area contributed by atoms with Crippen LogP contribution in [0.4, 0.5) is 0 Å². The van der Waals surface area contributed by atoms with E-state index < -0.39 is 0 Å². The first-order valence-corrected chi connectivity index (χ1v) is 7.63. The fourth-order valence-electron chi connectivity index (χ4n) is 1.29. The van der Waals surface area contributed by atoms with Gasteiger partial charge in [0.05, 0.1) is 0 Å². The molecule has 0 amide bonds. The lowest BCUT2D eigenvalue weighted by Crippen LogP contribution is -1.86. The van der Waals surface area contributed by atoms with E-state index in [1.807, 2.05) is 11.8 Å². The molecule has 0 radical (unpaired) electrons. The molecule has 0 atom stereocenters. The van der Waals surface area contributed by atoms with Gasteiger partial charge in [0, 0.05) is 21.3 Å². The fraction of sp³-hybridized carbons (Fsp3) is 0.400. The SMILES string of the molecule is Cc1cc2c(SCCCBr)ncnc2s1. The zero-order valence-corrected chi connectivity index (χ0v) is 11.6. The second kappa shape index (κ2) is 5.27. The summed E-state index contributed by atoms with van der Waals surface area (Å²) in [4.78, 5) is 11.0. The molecule has 0 N–H and O–H groups in total. The van der Waals surface area contributed by atoms with Crippen LogP contribution in [0.1, 0.15) is 11.3 Å². The molecule has 0 saturated heterocycles. The van der Waals surface area contributed by atoms with Gasteiger partial charge in [-0.15, -0.1) is 23.1 Å². The number of rotatable bonds is 4. The van der Waals surface area contributed by atoms with Crippen LogP contribution in [0.3, 0.4) is 0 Å². The maximum Gasteiger partial charge on any atom is 0.128 e. The molecule has 0 saturated carbocycles. The Labute approximate surface area is 106 Å². The summed E-state index contributed by atoms with van der Waals surface area (Å²) in [7, 11) is 0. The summed E-state index contributed by atoms with van der Waals surface area (Å²) >= 11 is 6.98. The Morgan fingerprint density at radius 1 is 1.47 bits per heavy atom. The van der Waals surface area contributed by atoms with Crippen molar-refractivity contribution < 1.29 is 0 Å². The van der Waals surface area contributed by atoms with Crippen molar-refractivity contribution in [3.05, 3.63) is 17.3 Å². The number of hydrogen-bond acceptors (Lipinski definition) is 4. The Morgan fingerprint density at radius 2 is 2.33 bits per heavy atom. The molecule has 0 unspecified atom stereocenters. The van der Waals surface area contributed by atoms with E-state index in [0.717, 1.165) is 20.9 Å². The third-order valence-corrected chi connectivity index (χ3v) is 4.54. The highest BCUT2D eigenvalue weighted by Gasteiger charge is 2.06. The number of alkyl halides is 1. The van der Waals surface area contributed by atoms with Crippen molar-refractivity contribution in [1.29, 1.82) is 0 Å². The molecular formula is C10H11BrN2S2. The smallest absolute Gasteiger partial charge is 0.128 e. The summed E-state index contributed by atoms with van der Waals surface area (Å²) < 4.78 is 0. The normalized spacial score (nSPS) is 11.1. The van der Waals surface area contributed by atoms with Crippen molar-refractivity contribution in [2.24, 2.45) is 0 Å². The quantitative estimate of drug-likeness (QED) is 0.371. The molecule has 2 heterocycles. The van der Waals surface area contributed by atoms with Gasteiger partial charge in [-0.05, 0) is 19.4 Å². The highest BCUT2D eigenvalue weighted by atomic mass is 79.9. The number of aromatic nitrogens is 2. The predicted molar refractivity (Wildman–Crippen MR) is 71.3 cm³/mol. The van der Waals surface area contributed by atoms with Crippen LogP contribution in [0.5, 0.6) is 0 Å². The highest BCUT2D eigenvalue weighted by molar-refractivity contribution is 9.09. The molecule has 2 aromatic rings. The molecular weight excluding hydrogens is 292 g/mol. The summed E-state index contributed by atoms with van der Waals surface area (Å²) in [6.07, 6.45) is 2.83. The third kappa shape index (κ3) is 2.71. The number of nitrogens with zero attached hydrogens (tertiary/aromatic N) is 2. The van der Waals surface area contributed by atoms with E-state index in [1.54, 1.807) is 17.7 Å². The number of thiophene rings is 1. The van der Waals surface area contributed by atoms with Gasteiger partial charge in [-0.3, -0.25) is 0 Å². The van der Waals surface area contributed by atoms with E-state index in [1.165, 1.54) is 16.7 Å². The maximum atomic E-state index is 4.34. The minimum atomic E-state index is 1.05. The monoisotopic (exact) mass is 302 g/mol. The summed E-state index contributed by atoms with van der Waals surface area (Å²) in [6.45, 7) is 2.11. The number of fused-ring (bicyclic) bond motifs is 1. The first kappa shape index (κ1) is 11.4. The molecule has 2 nitrogen and oxygen atoms in total. The van der Waals surface area contributed by atoms with E-state index in [9.17, 15) is 0 Å². The minimum Gasteiger partial charge on any atom is -0.229 e. The Hall–Kier alpha value is -0.130. The van der Waals surface area contributed by atoms with Crippen molar-refractivity contribution in [2.45, 2.75) is 18.4 Å². The predicted octanol–water partition coefficient (Wildman–Crippen LogP) is 3.88. The van der Waals surface area contributed by atoms with E-state index >= 15 is 0 Å².